The van der Waals surface area contributed by atoms with Crippen LogP contribution in [0.1, 0.15) is 43.1 Å². The van der Waals surface area contributed by atoms with Gasteiger partial charge in [-0.15, -0.1) is 0 Å². The highest BCUT2D eigenvalue weighted by Gasteiger charge is 2.33. The van der Waals surface area contributed by atoms with Crippen molar-refractivity contribution in [2.75, 3.05) is 13.7 Å². The fourth-order valence-corrected chi connectivity index (χ4v) is 3.96. The number of aliphatic imine (C=N–C) groups is 1. The van der Waals surface area contributed by atoms with Crippen LogP contribution in [0.25, 0.3) is 0 Å². The van der Waals surface area contributed by atoms with Gasteiger partial charge in [-0.1, -0.05) is 41.9 Å². The van der Waals surface area contributed by atoms with Crippen LogP contribution in [-0.2, 0) is 0 Å². The Kier molecular flexibility index (Phi) is 5.99. The van der Waals surface area contributed by atoms with Crippen molar-refractivity contribution in [1.82, 2.24) is 9.88 Å². The van der Waals surface area contributed by atoms with E-state index in [1.165, 1.54) is 0 Å². The van der Waals surface area contributed by atoms with Crippen molar-refractivity contribution < 1.29 is 9.84 Å². The molecular weight excluding hydrogens is 410 g/mol. The summed E-state index contributed by atoms with van der Waals surface area (Å²) in [5, 5.41) is 11.1. The first kappa shape index (κ1) is 21.3. The van der Waals surface area contributed by atoms with Gasteiger partial charge in [-0.3, -0.25) is 0 Å². The number of rotatable bonds is 6. The van der Waals surface area contributed by atoms with Crippen LogP contribution in [-0.4, -0.2) is 40.1 Å². The van der Waals surface area contributed by atoms with E-state index in [1.807, 2.05) is 62.4 Å². The molecule has 0 radical (unpaired) electrons. The predicted molar refractivity (Wildman–Crippen MR) is 124 cm³/mol. The van der Waals surface area contributed by atoms with Gasteiger partial charge in [0.1, 0.15) is 11.4 Å². The second-order valence-electron chi connectivity index (χ2n) is 8.29. The highest BCUT2D eigenvalue weighted by molar-refractivity contribution is 6.30. The van der Waals surface area contributed by atoms with E-state index in [4.69, 9.17) is 21.3 Å². The summed E-state index contributed by atoms with van der Waals surface area (Å²) in [6.45, 7) is 4.24. The van der Waals surface area contributed by atoms with Crippen molar-refractivity contribution in [3.8, 4) is 5.75 Å². The fraction of sp³-hybridized carbons (Fsp3) is 0.280. The largest absolute Gasteiger partial charge is 0.495 e. The minimum Gasteiger partial charge on any atom is -0.495 e. The summed E-state index contributed by atoms with van der Waals surface area (Å²) >= 11 is 6.38. The van der Waals surface area contributed by atoms with E-state index >= 15 is 0 Å². The zero-order valence-corrected chi connectivity index (χ0v) is 18.7. The van der Waals surface area contributed by atoms with E-state index in [0.29, 0.717) is 23.7 Å². The van der Waals surface area contributed by atoms with Crippen molar-refractivity contribution in [3.05, 3.63) is 88.7 Å². The van der Waals surface area contributed by atoms with Crippen LogP contribution in [0.3, 0.4) is 0 Å². The number of aromatic nitrogens is 1. The number of benzene rings is 2. The Morgan fingerprint density at radius 1 is 1.10 bits per heavy atom. The molecule has 31 heavy (non-hydrogen) atoms. The lowest BCUT2D eigenvalue weighted by Gasteiger charge is -2.39. The van der Waals surface area contributed by atoms with Gasteiger partial charge in [0.2, 0.25) is 0 Å². The number of amidine groups is 1. The van der Waals surface area contributed by atoms with Gasteiger partial charge in [-0.2, -0.15) is 0 Å². The highest BCUT2D eigenvalue weighted by atomic mass is 35.5. The first-order chi connectivity index (χ1) is 14.9. The van der Waals surface area contributed by atoms with Crippen LogP contribution in [0, 0.1) is 0 Å². The summed E-state index contributed by atoms with van der Waals surface area (Å²) in [5.74, 6) is 1.45. The molecule has 1 atom stereocenters. The number of fused-ring (bicyclic) bond motifs is 1. The van der Waals surface area contributed by atoms with Crippen LogP contribution < -0.4 is 4.74 Å². The van der Waals surface area contributed by atoms with Gasteiger partial charge in [0.05, 0.1) is 30.6 Å². The third-order valence-corrected chi connectivity index (χ3v) is 5.61. The zero-order valence-electron chi connectivity index (χ0n) is 17.9. The summed E-state index contributed by atoms with van der Waals surface area (Å²) in [6.07, 6.45) is 2.27. The summed E-state index contributed by atoms with van der Waals surface area (Å²) < 4.78 is 5.27. The van der Waals surface area contributed by atoms with Crippen molar-refractivity contribution in [2.24, 2.45) is 4.99 Å². The van der Waals surface area contributed by atoms with Gasteiger partial charge >= 0.3 is 0 Å². The molecule has 0 saturated carbocycles. The number of methoxy groups -OCH3 is 1. The van der Waals surface area contributed by atoms with Crippen LogP contribution in [0.5, 0.6) is 5.75 Å². The number of hydrogen-bond acceptors (Lipinski definition) is 5. The van der Waals surface area contributed by atoms with Gasteiger partial charge in [0, 0.05) is 17.1 Å². The number of hydrogen-bond donors (Lipinski definition) is 1. The summed E-state index contributed by atoms with van der Waals surface area (Å²) in [7, 11) is 1.62. The first-order valence-electron chi connectivity index (χ1n) is 10.3. The van der Waals surface area contributed by atoms with Crippen LogP contribution >= 0.6 is 11.6 Å². The Balaban J connectivity index is 1.88. The van der Waals surface area contributed by atoms with Crippen molar-refractivity contribution in [2.45, 2.75) is 31.9 Å². The molecule has 0 amide bonds. The molecule has 160 valence electrons. The van der Waals surface area contributed by atoms with Crippen LogP contribution in [0.2, 0.25) is 5.02 Å². The molecule has 5 nitrogen and oxygen atoms in total. The van der Waals surface area contributed by atoms with E-state index in [1.54, 1.807) is 13.3 Å². The topological polar surface area (TPSA) is 58.0 Å². The lowest BCUT2D eigenvalue weighted by molar-refractivity contribution is 0.0624. The molecule has 6 heteroatoms. The van der Waals surface area contributed by atoms with Gasteiger partial charge in [0.15, 0.2) is 5.84 Å². The molecule has 0 fully saturated rings. The standard InChI is InChI=1S/C25H26ClN3O2/c1-25(2,30)13-14-29-23(17-7-5-4-6-8-17)20-15-18(26)9-11-21(20)28-24(29)22-12-10-19(31-3)16-27-22/h4-12,15-16,23,30H,13-14H2,1-3H3. The van der Waals surface area contributed by atoms with Gasteiger partial charge in [-0.05, 0) is 56.2 Å². The van der Waals surface area contributed by atoms with Crippen molar-refractivity contribution in [1.29, 1.82) is 0 Å². The molecule has 0 spiro atoms. The molecule has 1 aliphatic heterocycles. The van der Waals surface area contributed by atoms with Gasteiger partial charge in [0.25, 0.3) is 0 Å². The number of nitrogens with zero attached hydrogens (tertiary/aromatic N) is 3. The van der Waals surface area contributed by atoms with Crippen LogP contribution in [0.15, 0.2) is 71.9 Å². The smallest absolute Gasteiger partial charge is 0.156 e. The predicted octanol–water partition coefficient (Wildman–Crippen LogP) is 5.39. The first-order valence-corrected chi connectivity index (χ1v) is 10.7. The minimum atomic E-state index is -0.811. The van der Waals surface area contributed by atoms with E-state index in [9.17, 15) is 5.11 Å². The Hall–Kier alpha value is -2.89. The maximum Gasteiger partial charge on any atom is 0.156 e. The summed E-state index contributed by atoms with van der Waals surface area (Å²) in [4.78, 5) is 11.8. The SMILES string of the molecule is COc1ccc(C2=Nc3ccc(Cl)cc3C(c3ccccc3)N2CCC(C)(C)O)nc1. The second-order valence-corrected chi connectivity index (χ2v) is 8.73. The second kappa shape index (κ2) is 8.69. The third kappa shape index (κ3) is 4.73. The van der Waals surface area contributed by atoms with E-state index in [0.717, 1.165) is 28.3 Å². The average molecular weight is 436 g/mol. The number of aliphatic hydroxyl groups is 1. The van der Waals surface area contributed by atoms with Gasteiger partial charge < -0.3 is 14.7 Å². The lowest BCUT2D eigenvalue weighted by Crippen LogP contribution is -2.41. The van der Waals surface area contributed by atoms with E-state index in [2.05, 4.69) is 22.0 Å². The molecule has 0 saturated heterocycles. The third-order valence-electron chi connectivity index (χ3n) is 5.38. The molecule has 0 aliphatic carbocycles. The average Bonchev–Trinajstić information content (AvgIpc) is 2.77. The summed E-state index contributed by atoms with van der Waals surface area (Å²) in [6, 6.07) is 19.8. The molecule has 4 rings (SSSR count). The Morgan fingerprint density at radius 2 is 1.87 bits per heavy atom. The molecule has 1 N–H and O–H groups in total. The highest BCUT2D eigenvalue weighted by Crippen LogP contribution is 2.41. The Bertz CT molecular complexity index is 1080. The maximum absolute atomic E-state index is 10.4. The van der Waals surface area contributed by atoms with Gasteiger partial charge in [-0.25, -0.2) is 9.98 Å². The summed E-state index contributed by atoms with van der Waals surface area (Å²) in [5.41, 5.74) is 2.96. The Labute approximate surface area is 188 Å². The molecule has 1 unspecified atom stereocenters. The minimum absolute atomic E-state index is 0.103. The van der Waals surface area contributed by atoms with Crippen molar-refractivity contribution >= 4 is 23.1 Å². The van der Waals surface area contributed by atoms with Crippen LogP contribution in [0.4, 0.5) is 5.69 Å². The number of ether oxygens (including phenoxy) is 1. The normalized spacial score (nSPS) is 16.0. The maximum atomic E-state index is 10.4. The lowest BCUT2D eigenvalue weighted by atomic mass is 9.92. The monoisotopic (exact) mass is 435 g/mol. The van der Waals surface area contributed by atoms with E-state index < -0.39 is 5.60 Å². The molecule has 3 aromatic rings. The fourth-order valence-electron chi connectivity index (χ4n) is 3.78. The zero-order chi connectivity index (χ0) is 22.0. The Morgan fingerprint density at radius 3 is 2.52 bits per heavy atom. The molecular formula is C25H26ClN3O2. The number of pyridine rings is 1. The van der Waals surface area contributed by atoms with E-state index in [-0.39, 0.29) is 6.04 Å². The van der Waals surface area contributed by atoms with Crippen molar-refractivity contribution in [3.63, 3.8) is 0 Å². The molecule has 1 aliphatic rings. The molecule has 2 heterocycles. The molecule has 1 aromatic heterocycles. The molecule has 2 aromatic carbocycles. The number of halogens is 1. The quantitative estimate of drug-likeness (QED) is 0.564. The molecule has 0 bridgehead atoms.